The molecule has 0 aliphatic heterocycles. The van der Waals surface area contributed by atoms with E-state index in [0.29, 0.717) is 12.5 Å². The maximum Gasteiger partial charge on any atom is 0.223 e. The van der Waals surface area contributed by atoms with Crippen molar-refractivity contribution in [2.45, 2.75) is 40.2 Å². The van der Waals surface area contributed by atoms with E-state index in [4.69, 9.17) is 0 Å². The van der Waals surface area contributed by atoms with Crippen LogP contribution in [0.15, 0.2) is 30.3 Å². The third-order valence-electron chi connectivity index (χ3n) is 2.93. The summed E-state index contributed by atoms with van der Waals surface area (Å²) in [5.74, 6) is 0.940. The lowest BCUT2D eigenvalue weighted by Crippen LogP contribution is -2.28. The van der Waals surface area contributed by atoms with Crippen molar-refractivity contribution in [1.82, 2.24) is 5.32 Å². The van der Waals surface area contributed by atoms with Gasteiger partial charge in [0, 0.05) is 12.5 Å². The molecular weight excluding hydrogens is 210 g/mol. The molecule has 0 aromatic heterocycles. The zero-order valence-corrected chi connectivity index (χ0v) is 11.1. The number of rotatable bonds is 6. The molecule has 0 fully saturated rings. The second-order valence-corrected chi connectivity index (χ2v) is 5.08. The molecule has 1 atom stereocenters. The van der Waals surface area contributed by atoms with Crippen LogP contribution in [-0.4, -0.2) is 5.91 Å². The fourth-order valence-electron chi connectivity index (χ4n) is 1.67. The van der Waals surface area contributed by atoms with Crippen LogP contribution in [0.2, 0.25) is 0 Å². The van der Waals surface area contributed by atoms with Gasteiger partial charge in [0.15, 0.2) is 0 Å². The van der Waals surface area contributed by atoms with Crippen molar-refractivity contribution in [3.63, 3.8) is 0 Å². The van der Waals surface area contributed by atoms with Crippen molar-refractivity contribution < 1.29 is 4.79 Å². The lowest BCUT2D eigenvalue weighted by molar-refractivity contribution is -0.124. The quantitative estimate of drug-likeness (QED) is 0.802. The van der Waals surface area contributed by atoms with Crippen LogP contribution in [0.3, 0.4) is 0 Å². The monoisotopic (exact) mass is 233 g/mol. The minimum absolute atomic E-state index is 0.112. The number of carbonyl (C=O) groups is 1. The number of hydrogen-bond acceptors (Lipinski definition) is 1. The van der Waals surface area contributed by atoms with Crippen LogP contribution < -0.4 is 5.32 Å². The van der Waals surface area contributed by atoms with E-state index in [1.165, 1.54) is 0 Å². The van der Waals surface area contributed by atoms with E-state index >= 15 is 0 Å². The van der Waals surface area contributed by atoms with Gasteiger partial charge in [-0.25, -0.2) is 0 Å². The van der Waals surface area contributed by atoms with Crippen LogP contribution >= 0.6 is 0 Å². The van der Waals surface area contributed by atoms with E-state index in [0.717, 1.165) is 18.4 Å². The molecule has 0 aliphatic carbocycles. The molecule has 1 aromatic rings. The summed E-state index contributed by atoms with van der Waals surface area (Å²) in [5, 5.41) is 2.98. The Morgan fingerprint density at radius 1 is 1.12 bits per heavy atom. The first-order valence-corrected chi connectivity index (χ1v) is 6.41. The van der Waals surface area contributed by atoms with Gasteiger partial charge in [0.05, 0.1) is 0 Å². The molecule has 0 bridgehead atoms. The second kappa shape index (κ2) is 7.10. The minimum atomic E-state index is 0.112. The van der Waals surface area contributed by atoms with Gasteiger partial charge < -0.3 is 5.32 Å². The third kappa shape index (κ3) is 5.53. The standard InChI is InChI=1S/C15H23NO/c1-12(2)9-10-13(3)15(17)16-11-14-7-5-4-6-8-14/h4-8,12-13H,9-11H2,1-3H3,(H,16,17). The Morgan fingerprint density at radius 2 is 1.76 bits per heavy atom. The van der Waals surface area contributed by atoms with Gasteiger partial charge in [0.2, 0.25) is 5.91 Å². The second-order valence-electron chi connectivity index (χ2n) is 5.08. The van der Waals surface area contributed by atoms with Crippen LogP contribution in [0, 0.1) is 11.8 Å². The molecule has 1 aromatic carbocycles. The maximum absolute atomic E-state index is 11.8. The number of hydrogen-bond donors (Lipinski definition) is 1. The summed E-state index contributed by atoms with van der Waals surface area (Å²) >= 11 is 0. The molecule has 2 heteroatoms. The molecule has 2 nitrogen and oxygen atoms in total. The number of nitrogens with one attached hydrogen (secondary N) is 1. The molecule has 1 unspecified atom stereocenters. The van der Waals surface area contributed by atoms with Gasteiger partial charge in [0.25, 0.3) is 0 Å². The molecule has 0 heterocycles. The van der Waals surface area contributed by atoms with Crippen molar-refractivity contribution in [3.8, 4) is 0 Å². The maximum atomic E-state index is 11.8. The first-order chi connectivity index (χ1) is 8.09. The summed E-state index contributed by atoms with van der Waals surface area (Å²) in [6, 6.07) is 10.0. The SMILES string of the molecule is CC(C)CCC(C)C(=O)NCc1ccccc1. The van der Waals surface area contributed by atoms with Crippen molar-refractivity contribution >= 4 is 5.91 Å². The van der Waals surface area contributed by atoms with Crippen LogP contribution in [-0.2, 0) is 11.3 Å². The Balaban J connectivity index is 2.29. The Bertz CT molecular complexity index is 332. The van der Waals surface area contributed by atoms with E-state index in [-0.39, 0.29) is 11.8 Å². The third-order valence-corrected chi connectivity index (χ3v) is 2.93. The van der Waals surface area contributed by atoms with Gasteiger partial charge in [-0.2, -0.15) is 0 Å². The van der Waals surface area contributed by atoms with E-state index < -0.39 is 0 Å². The van der Waals surface area contributed by atoms with Gasteiger partial charge in [-0.05, 0) is 17.9 Å². The molecule has 0 saturated carbocycles. The van der Waals surface area contributed by atoms with Gasteiger partial charge in [-0.3, -0.25) is 4.79 Å². The largest absolute Gasteiger partial charge is 0.352 e. The predicted octanol–water partition coefficient (Wildman–Crippen LogP) is 3.38. The average Bonchev–Trinajstić information content (AvgIpc) is 2.34. The minimum Gasteiger partial charge on any atom is -0.352 e. The molecule has 0 radical (unpaired) electrons. The lowest BCUT2D eigenvalue weighted by Gasteiger charge is -2.13. The molecule has 0 aliphatic rings. The first kappa shape index (κ1) is 13.8. The fraction of sp³-hybridized carbons (Fsp3) is 0.533. The molecule has 1 rings (SSSR count). The highest BCUT2D eigenvalue weighted by atomic mass is 16.1. The first-order valence-electron chi connectivity index (χ1n) is 6.41. The summed E-state index contributed by atoms with van der Waals surface area (Å²) in [5.41, 5.74) is 1.15. The highest BCUT2D eigenvalue weighted by Crippen LogP contribution is 2.12. The molecule has 1 N–H and O–H groups in total. The van der Waals surface area contributed by atoms with Gasteiger partial charge in [-0.15, -0.1) is 0 Å². The van der Waals surface area contributed by atoms with E-state index in [2.05, 4.69) is 19.2 Å². The highest BCUT2D eigenvalue weighted by Gasteiger charge is 2.12. The molecular formula is C15H23NO. The number of carbonyl (C=O) groups excluding carboxylic acids is 1. The molecule has 0 spiro atoms. The molecule has 17 heavy (non-hydrogen) atoms. The Morgan fingerprint density at radius 3 is 2.35 bits per heavy atom. The van der Waals surface area contributed by atoms with Crippen molar-refractivity contribution in [2.75, 3.05) is 0 Å². The summed E-state index contributed by atoms with van der Waals surface area (Å²) < 4.78 is 0. The Labute approximate surface area is 104 Å². The Kier molecular flexibility index (Phi) is 5.75. The van der Waals surface area contributed by atoms with E-state index in [1.54, 1.807) is 0 Å². The van der Waals surface area contributed by atoms with Gasteiger partial charge in [0.1, 0.15) is 0 Å². The topological polar surface area (TPSA) is 29.1 Å². The van der Waals surface area contributed by atoms with Crippen molar-refractivity contribution in [1.29, 1.82) is 0 Å². The van der Waals surface area contributed by atoms with Gasteiger partial charge >= 0.3 is 0 Å². The zero-order valence-electron chi connectivity index (χ0n) is 11.1. The van der Waals surface area contributed by atoms with Crippen LogP contribution in [0.25, 0.3) is 0 Å². The summed E-state index contributed by atoms with van der Waals surface area (Å²) in [6.45, 7) is 7.01. The fourth-order valence-corrected chi connectivity index (χ4v) is 1.67. The predicted molar refractivity (Wildman–Crippen MR) is 71.5 cm³/mol. The van der Waals surface area contributed by atoms with Crippen LogP contribution in [0.1, 0.15) is 39.2 Å². The molecule has 1 amide bonds. The number of amides is 1. The Hall–Kier alpha value is -1.31. The summed E-state index contributed by atoms with van der Waals surface area (Å²) in [7, 11) is 0. The molecule has 0 saturated heterocycles. The van der Waals surface area contributed by atoms with Gasteiger partial charge in [-0.1, -0.05) is 57.5 Å². The molecule has 94 valence electrons. The smallest absolute Gasteiger partial charge is 0.223 e. The van der Waals surface area contributed by atoms with Crippen LogP contribution in [0.4, 0.5) is 0 Å². The van der Waals surface area contributed by atoms with Crippen molar-refractivity contribution in [3.05, 3.63) is 35.9 Å². The van der Waals surface area contributed by atoms with Crippen LogP contribution in [0.5, 0.6) is 0 Å². The number of benzene rings is 1. The summed E-state index contributed by atoms with van der Waals surface area (Å²) in [6.07, 6.45) is 2.08. The zero-order chi connectivity index (χ0) is 12.7. The normalized spacial score (nSPS) is 12.5. The van der Waals surface area contributed by atoms with E-state index in [1.807, 2.05) is 37.3 Å². The highest BCUT2D eigenvalue weighted by molar-refractivity contribution is 5.78. The summed E-state index contributed by atoms with van der Waals surface area (Å²) in [4.78, 5) is 11.8. The average molecular weight is 233 g/mol. The van der Waals surface area contributed by atoms with Crippen molar-refractivity contribution in [2.24, 2.45) is 11.8 Å². The van der Waals surface area contributed by atoms with E-state index in [9.17, 15) is 4.79 Å². The lowest BCUT2D eigenvalue weighted by atomic mass is 9.99.